The first-order valence-electron chi connectivity index (χ1n) is 25.5. The Morgan fingerprint density at radius 3 is 1.61 bits per heavy atom. The standard InChI is InChI=1S/C51H92O14P2/c1-4-6-38-47(52)39-34-30-26-22-18-15-16-19-23-27-31-35-40-50(54)61-44-49(45-64-67(59,60)63-43-48(53)42-62-66(56,57)58)65-51(55)41-36-32-28-24-20-14-12-10-8-7-9-11-13-17-21-25-29-33-37-46(3)5-2/h6,15-16,22-23,26-27,30,34,38,46-49,52-53H,4-5,7-14,17-21,24-25,28-29,31-33,35-37,39-45H2,1-3H3,(H,59,60)(H2,56,57,58)/b16-15-,26-22-,27-23-,34-30+,38-6-/t46?,47?,48-,49+/m0/s1. The predicted molar refractivity (Wildman–Crippen MR) is 268 cm³/mol. The summed E-state index contributed by atoms with van der Waals surface area (Å²) in [7, 11) is -9.71. The van der Waals surface area contributed by atoms with Gasteiger partial charge in [0.25, 0.3) is 0 Å². The number of hydrogen-bond acceptors (Lipinski definition) is 11. The summed E-state index contributed by atoms with van der Waals surface area (Å²) in [6.07, 6.45) is 45.5. The lowest BCUT2D eigenvalue weighted by atomic mass is 9.99. The minimum atomic E-state index is -4.88. The molecule has 3 unspecified atom stereocenters. The van der Waals surface area contributed by atoms with Crippen LogP contribution in [0.2, 0.25) is 0 Å². The molecule has 0 aliphatic rings. The molecular formula is C51H92O14P2. The van der Waals surface area contributed by atoms with Gasteiger partial charge in [0, 0.05) is 12.8 Å². The van der Waals surface area contributed by atoms with Gasteiger partial charge in [-0.25, -0.2) is 9.13 Å². The number of phosphoric ester groups is 2. The number of esters is 2. The third-order valence-corrected chi connectivity index (χ3v) is 12.5. The summed E-state index contributed by atoms with van der Waals surface area (Å²) >= 11 is 0. The summed E-state index contributed by atoms with van der Waals surface area (Å²) < 4.78 is 47.9. The Balaban J connectivity index is 4.49. The zero-order chi connectivity index (χ0) is 49.7. The number of phosphoric acid groups is 2. The van der Waals surface area contributed by atoms with E-state index in [0.29, 0.717) is 25.7 Å². The van der Waals surface area contributed by atoms with Crippen molar-refractivity contribution in [2.45, 2.75) is 219 Å². The average Bonchev–Trinajstić information content (AvgIpc) is 3.29. The highest BCUT2D eigenvalue weighted by Gasteiger charge is 2.28. The van der Waals surface area contributed by atoms with Crippen molar-refractivity contribution in [1.82, 2.24) is 0 Å². The van der Waals surface area contributed by atoms with Crippen molar-refractivity contribution in [2.75, 3.05) is 26.4 Å². The van der Waals surface area contributed by atoms with E-state index in [1.165, 1.54) is 103 Å². The Hall–Kier alpha value is -2.22. The van der Waals surface area contributed by atoms with Crippen molar-refractivity contribution in [3.05, 3.63) is 60.8 Å². The van der Waals surface area contributed by atoms with Crippen LogP contribution >= 0.6 is 15.6 Å². The van der Waals surface area contributed by atoms with E-state index >= 15 is 0 Å². The molecule has 0 aliphatic heterocycles. The fourth-order valence-electron chi connectivity index (χ4n) is 6.79. The lowest BCUT2D eigenvalue weighted by molar-refractivity contribution is -0.161. The molecule has 0 saturated carbocycles. The molecular weight excluding hydrogens is 898 g/mol. The molecule has 0 amide bonds. The molecule has 0 heterocycles. The first kappa shape index (κ1) is 64.8. The lowest BCUT2D eigenvalue weighted by Gasteiger charge is -2.20. The van der Waals surface area contributed by atoms with Crippen LogP contribution in [0.3, 0.4) is 0 Å². The summed E-state index contributed by atoms with van der Waals surface area (Å²) in [5.41, 5.74) is 0. The van der Waals surface area contributed by atoms with Gasteiger partial charge in [-0.3, -0.25) is 23.2 Å². The minimum absolute atomic E-state index is 0.0984. The van der Waals surface area contributed by atoms with Crippen molar-refractivity contribution in [3.63, 3.8) is 0 Å². The molecule has 0 rings (SSSR count). The Labute approximate surface area is 404 Å². The van der Waals surface area contributed by atoms with E-state index < -0.39 is 72.3 Å². The maximum atomic E-state index is 12.7. The third kappa shape index (κ3) is 48.6. The van der Waals surface area contributed by atoms with Gasteiger partial charge in [-0.2, -0.15) is 0 Å². The van der Waals surface area contributed by atoms with Crippen LogP contribution in [0.25, 0.3) is 0 Å². The second-order valence-corrected chi connectivity index (χ2v) is 20.2. The van der Waals surface area contributed by atoms with Crippen molar-refractivity contribution in [1.29, 1.82) is 0 Å². The van der Waals surface area contributed by atoms with Gasteiger partial charge in [0.1, 0.15) is 12.7 Å². The molecule has 0 aromatic heterocycles. The SMILES string of the molecule is CC/C=C\C(O)C/C=C/C=C\C/C=C\C/C=C\CCCC(=O)OC[C@H](COP(=O)(O)OC[C@@H](O)COP(=O)(O)O)OC(=O)CCCCCCCCCCCCCCCCCCCCC(C)CC. The monoisotopic (exact) mass is 991 g/mol. The number of carbonyl (C=O) groups excluding carboxylic acids is 2. The largest absolute Gasteiger partial charge is 0.472 e. The molecule has 5 N–H and O–H groups in total. The molecule has 14 nitrogen and oxygen atoms in total. The number of ether oxygens (including phenoxy) is 2. The number of unbranched alkanes of at least 4 members (excludes halogenated alkanes) is 18. The Morgan fingerprint density at radius 1 is 0.552 bits per heavy atom. The number of hydrogen-bond donors (Lipinski definition) is 5. The van der Waals surface area contributed by atoms with Crippen LogP contribution in [-0.2, 0) is 41.8 Å². The van der Waals surface area contributed by atoms with E-state index in [-0.39, 0.29) is 12.8 Å². The zero-order valence-electron chi connectivity index (χ0n) is 41.5. The van der Waals surface area contributed by atoms with Gasteiger partial charge in [-0.05, 0) is 50.9 Å². The number of carbonyl (C=O) groups is 2. The fourth-order valence-corrected chi connectivity index (χ4v) is 7.95. The highest BCUT2D eigenvalue weighted by Crippen LogP contribution is 2.44. The van der Waals surface area contributed by atoms with Crippen LogP contribution in [0.5, 0.6) is 0 Å². The summed E-state index contributed by atoms with van der Waals surface area (Å²) in [4.78, 5) is 52.9. The predicted octanol–water partition coefficient (Wildman–Crippen LogP) is 12.8. The molecule has 0 bridgehead atoms. The second-order valence-electron chi connectivity index (χ2n) is 17.5. The Kier molecular flexibility index (Phi) is 43.5. The van der Waals surface area contributed by atoms with E-state index in [1.807, 2.05) is 55.5 Å². The van der Waals surface area contributed by atoms with Gasteiger partial charge in [-0.15, -0.1) is 0 Å². The minimum Gasteiger partial charge on any atom is -0.462 e. The van der Waals surface area contributed by atoms with Crippen molar-refractivity contribution in [3.8, 4) is 0 Å². The van der Waals surface area contributed by atoms with Crippen LogP contribution in [0.1, 0.15) is 201 Å². The molecule has 0 spiro atoms. The molecule has 0 saturated heterocycles. The van der Waals surface area contributed by atoms with Gasteiger partial charge < -0.3 is 34.4 Å². The van der Waals surface area contributed by atoms with Crippen LogP contribution < -0.4 is 0 Å². The van der Waals surface area contributed by atoms with E-state index in [2.05, 4.69) is 24.4 Å². The van der Waals surface area contributed by atoms with Gasteiger partial charge >= 0.3 is 27.6 Å². The number of rotatable bonds is 47. The van der Waals surface area contributed by atoms with Crippen molar-refractivity contribution in [2.24, 2.45) is 5.92 Å². The molecule has 67 heavy (non-hydrogen) atoms. The molecule has 0 aliphatic carbocycles. The first-order chi connectivity index (χ1) is 32.2. The Bertz CT molecular complexity index is 1440. The molecule has 16 heteroatoms. The second kappa shape index (κ2) is 45.0. The maximum absolute atomic E-state index is 12.7. The van der Waals surface area contributed by atoms with Crippen LogP contribution in [0.4, 0.5) is 0 Å². The van der Waals surface area contributed by atoms with Gasteiger partial charge in [0.05, 0.1) is 25.9 Å². The van der Waals surface area contributed by atoms with E-state index in [1.54, 1.807) is 6.08 Å². The first-order valence-corrected chi connectivity index (χ1v) is 28.5. The van der Waals surface area contributed by atoms with Gasteiger partial charge in [-0.1, -0.05) is 204 Å². The molecule has 0 radical (unpaired) electrons. The highest BCUT2D eigenvalue weighted by molar-refractivity contribution is 7.47. The van der Waals surface area contributed by atoms with Crippen LogP contribution in [0.15, 0.2) is 60.8 Å². The molecule has 0 aromatic rings. The summed E-state index contributed by atoms with van der Waals surface area (Å²) in [5, 5.41) is 19.6. The van der Waals surface area contributed by atoms with E-state index in [9.17, 15) is 33.8 Å². The Morgan fingerprint density at radius 2 is 1.04 bits per heavy atom. The molecule has 0 fully saturated rings. The number of aliphatic hydroxyl groups excluding tert-OH is 2. The average molecular weight is 991 g/mol. The maximum Gasteiger partial charge on any atom is 0.472 e. The van der Waals surface area contributed by atoms with Gasteiger partial charge in [0.15, 0.2) is 6.10 Å². The normalized spacial score (nSPS) is 15.3. The highest BCUT2D eigenvalue weighted by atomic mass is 31.2. The van der Waals surface area contributed by atoms with E-state index in [4.69, 9.17) is 28.3 Å². The van der Waals surface area contributed by atoms with Crippen molar-refractivity contribution < 1.29 is 66.7 Å². The summed E-state index contributed by atoms with van der Waals surface area (Å²) in [6, 6.07) is 0. The summed E-state index contributed by atoms with van der Waals surface area (Å²) in [6.45, 7) is 3.86. The molecule has 390 valence electrons. The van der Waals surface area contributed by atoms with E-state index in [0.717, 1.165) is 44.4 Å². The summed E-state index contributed by atoms with van der Waals surface area (Å²) in [5.74, 6) is -0.241. The number of allylic oxidation sites excluding steroid dienone is 8. The number of aliphatic hydroxyl groups is 2. The zero-order valence-corrected chi connectivity index (χ0v) is 43.3. The van der Waals surface area contributed by atoms with Crippen LogP contribution in [-0.4, -0.2) is 81.6 Å². The smallest absolute Gasteiger partial charge is 0.462 e. The van der Waals surface area contributed by atoms with Gasteiger partial charge in [0.2, 0.25) is 0 Å². The van der Waals surface area contributed by atoms with Crippen molar-refractivity contribution >= 4 is 27.6 Å². The quantitative estimate of drug-likeness (QED) is 0.0126. The fraction of sp³-hybridized carbons (Fsp3) is 0.765. The lowest BCUT2D eigenvalue weighted by Crippen LogP contribution is -2.30. The molecule has 5 atom stereocenters. The van der Waals surface area contributed by atoms with Crippen LogP contribution in [0, 0.1) is 5.92 Å². The topological polar surface area (TPSA) is 216 Å². The third-order valence-electron chi connectivity index (χ3n) is 11.0. The molecule has 0 aromatic carbocycles.